The minimum atomic E-state index is -0.617. The molecule has 0 radical (unpaired) electrons. The minimum absolute atomic E-state index is 0.318. The van der Waals surface area contributed by atoms with Gasteiger partial charge in [-0.3, -0.25) is 0 Å². The van der Waals surface area contributed by atoms with Crippen molar-refractivity contribution in [3.63, 3.8) is 0 Å². The minimum Gasteiger partial charge on any atom is -0.212 e. The van der Waals surface area contributed by atoms with Gasteiger partial charge in [-0.15, -0.1) is 0 Å². The van der Waals surface area contributed by atoms with E-state index >= 15 is 0 Å². The van der Waals surface area contributed by atoms with Gasteiger partial charge in [0.1, 0.15) is 5.40 Å². The first-order valence-corrected chi connectivity index (χ1v) is 7.97. The molecule has 2 aromatic rings. The van der Waals surface area contributed by atoms with Crippen molar-refractivity contribution < 1.29 is 4.76 Å². The van der Waals surface area contributed by atoms with Crippen molar-refractivity contribution in [2.45, 2.75) is 6.17 Å². The Morgan fingerprint density at radius 2 is 2.05 bits per heavy atom. The molecule has 0 bridgehead atoms. The molecule has 108 valence electrons. The molecule has 0 saturated heterocycles. The maximum Gasteiger partial charge on any atom is 0.310 e. The van der Waals surface area contributed by atoms with E-state index < -0.39 is 6.17 Å². The van der Waals surface area contributed by atoms with Crippen molar-refractivity contribution in [1.82, 2.24) is 0 Å². The Balaban J connectivity index is 2.26. The molecule has 0 aromatic heterocycles. The number of nitriles is 1. The molecule has 0 N–H and O–H groups in total. The number of benzene rings is 2. The SMILES string of the molecule is N#CSCC1N=c2ccc(Cl)cc2=C(c2ccccc2)[N+]1=O. The lowest BCUT2D eigenvalue weighted by Gasteiger charge is -2.10. The van der Waals surface area contributed by atoms with Crippen LogP contribution in [0.1, 0.15) is 5.56 Å². The van der Waals surface area contributed by atoms with Gasteiger partial charge in [-0.25, -0.2) is 4.99 Å². The van der Waals surface area contributed by atoms with E-state index in [1.807, 2.05) is 35.7 Å². The van der Waals surface area contributed by atoms with E-state index in [4.69, 9.17) is 16.9 Å². The van der Waals surface area contributed by atoms with Crippen molar-refractivity contribution in [2.24, 2.45) is 4.99 Å². The first-order chi connectivity index (χ1) is 10.7. The van der Waals surface area contributed by atoms with Gasteiger partial charge in [0.05, 0.1) is 26.7 Å². The van der Waals surface area contributed by atoms with E-state index in [1.165, 1.54) is 0 Å². The van der Waals surface area contributed by atoms with Gasteiger partial charge < -0.3 is 0 Å². The number of hydrogen-bond acceptors (Lipinski definition) is 4. The molecule has 0 spiro atoms. The van der Waals surface area contributed by atoms with E-state index in [0.29, 0.717) is 21.7 Å². The lowest BCUT2D eigenvalue weighted by Crippen LogP contribution is -2.41. The fourth-order valence-corrected chi connectivity index (χ4v) is 2.99. The number of fused-ring (bicyclic) bond motifs is 1. The number of nitrogens with zero attached hydrogens (tertiary/aromatic N) is 3. The van der Waals surface area contributed by atoms with E-state index in [2.05, 4.69) is 4.99 Å². The van der Waals surface area contributed by atoms with Gasteiger partial charge in [0.25, 0.3) is 5.70 Å². The van der Waals surface area contributed by atoms with Crippen LogP contribution in [-0.4, -0.2) is 16.7 Å². The van der Waals surface area contributed by atoms with Crippen molar-refractivity contribution in [3.8, 4) is 5.40 Å². The average Bonchev–Trinajstić information content (AvgIpc) is 2.54. The Morgan fingerprint density at radius 1 is 1.27 bits per heavy atom. The maximum absolute atomic E-state index is 12.7. The molecule has 2 aromatic carbocycles. The summed E-state index contributed by atoms with van der Waals surface area (Å²) in [6.45, 7) is 0. The fourth-order valence-electron chi connectivity index (χ4n) is 2.39. The third-order valence-electron chi connectivity index (χ3n) is 3.34. The summed E-state index contributed by atoms with van der Waals surface area (Å²) in [5.74, 6) is 0.318. The third kappa shape index (κ3) is 2.76. The van der Waals surface area contributed by atoms with Gasteiger partial charge in [-0.05, 0) is 42.1 Å². The predicted octanol–water partition coefficient (Wildman–Crippen LogP) is 2.45. The van der Waals surface area contributed by atoms with E-state index in [1.54, 1.807) is 18.2 Å². The Morgan fingerprint density at radius 3 is 2.77 bits per heavy atom. The molecule has 1 unspecified atom stereocenters. The number of halogens is 1. The number of rotatable bonds is 3. The molecule has 1 atom stereocenters. The van der Waals surface area contributed by atoms with Crippen LogP contribution >= 0.6 is 23.4 Å². The highest BCUT2D eigenvalue weighted by Gasteiger charge is 2.34. The molecule has 0 fully saturated rings. The standard InChI is InChI=1S/C16H11ClN3OS/c17-12-6-7-14-13(8-12)16(11-4-2-1-3-5-11)20(21)15(19-14)9-22-10-18/h1-8,15H,9H2/q+1. The summed E-state index contributed by atoms with van der Waals surface area (Å²) >= 11 is 7.10. The second-order valence-electron chi connectivity index (χ2n) is 4.71. The highest BCUT2D eigenvalue weighted by molar-refractivity contribution is 8.03. The highest BCUT2D eigenvalue weighted by Crippen LogP contribution is 2.18. The molecule has 4 nitrogen and oxygen atoms in total. The van der Waals surface area contributed by atoms with Crippen molar-refractivity contribution in [2.75, 3.05) is 5.75 Å². The van der Waals surface area contributed by atoms with E-state index in [0.717, 1.165) is 27.4 Å². The van der Waals surface area contributed by atoms with Crippen LogP contribution in [0.25, 0.3) is 5.70 Å². The topological polar surface area (TPSA) is 56.2 Å². The smallest absolute Gasteiger partial charge is 0.212 e. The summed E-state index contributed by atoms with van der Waals surface area (Å²) in [6.07, 6.45) is -0.617. The molecule has 0 aliphatic carbocycles. The summed E-state index contributed by atoms with van der Waals surface area (Å²) in [7, 11) is 0. The van der Waals surface area contributed by atoms with Crippen LogP contribution in [0, 0.1) is 15.6 Å². The van der Waals surface area contributed by atoms with Crippen LogP contribution in [0.4, 0.5) is 0 Å². The predicted molar refractivity (Wildman–Crippen MR) is 86.7 cm³/mol. The van der Waals surface area contributed by atoms with Crippen LogP contribution in [0.15, 0.2) is 53.5 Å². The van der Waals surface area contributed by atoms with Gasteiger partial charge in [-0.1, -0.05) is 29.8 Å². The first kappa shape index (κ1) is 14.8. The molecule has 0 amide bonds. The Bertz CT molecular complexity index is 890. The van der Waals surface area contributed by atoms with Crippen LogP contribution in [0.2, 0.25) is 5.02 Å². The Kier molecular flexibility index (Phi) is 4.23. The van der Waals surface area contributed by atoms with Crippen LogP contribution in [0.3, 0.4) is 0 Å². The molecule has 1 aliphatic heterocycles. The van der Waals surface area contributed by atoms with Crippen LogP contribution in [-0.2, 0) is 0 Å². The lowest BCUT2D eigenvalue weighted by molar-refractivity contribution is -0.493. The van der Waals surface area contributed by atoms with E-state index in [9.17, 15) is 4.91 Å². The normalized spacial score (nSPS) is 16.6. The number of thioether (sulfide) groups is 1. The Hall–Kier alpha value is -2.16. The van der Waals surface area contributed by atoms with Crippen LogP contribution in [0.5, 0.6) is 0 Å². The highest BCUT2D eigenvalue weighted by atomic mass is 35.5. The Labute approximate surface area is 136 Å². The van der Waals surface area contributed by atoms with Gasteiger partial charge in [-0.2, -0.15) is 5.26 Å². The summed E-state index contributed by atoms with van der Waals surface area (Å²) in [6, 6.07) is 14.7. The number of thiocyanates is 1. The van der Waals surface area contributed by atoms with Gasteiger partial charge in [0.2, 0.25) is 0 Å². The summed E-state index contributed by atoms with van der Waals surface area (Å²) in [5.41, 5.74) is 1.35. The summed E-state index contributed by atoms with van der Waals surface area (Å²) in [4.78, 5) is 17.2. The number of nitroso groups, excluding NO2 is 1. The average molecular weight is 329 g/mol. The monoisotopic (exact) mass is 328 g/mol. The van der Waals surface area contributed by atoms with Gasteiger partial charge in [0.15, 0.2) is 0 Å². The first-order valence-electron chi connectivity index (χ1n) is 6.61. The molecule has 1 aliphatic rings. The fraction of sp³-hybridized carbons (Fsp3) is 0.125. The molecule has 3 rings (SSSR count). The summed E-state index contributed by atoms with van der Waals surface area (Å²) < 4.78 is 0.873. The molecule has 1 heterocycles. The quantitative estimate of drug-likeness (QED) is 0.642. The lowest BCUT2D eigenvalue weighted by atomic mass is 10.1. The molecule has 0 saturated carbocycles. The van der Waals surface area contributed by atoms with Crippen molar-refractivity contribution in [3.05, 3.63) is 74.6 Å². The zero-order valence-electron chi connectivity index (χ0n) is 11.4. The van der Waals surface area contributed by atoms with Crippen molar-refractivity contribution in [1.29, 1.82) is 5.26 Å². The van der Waals surface area contributed by atoms with Gasteiger partial charge >= 0.3 is 6.17 Å². The van der Waals surface area contributed by atoms with Gasteiger partial charge in [0, 0.05) is 9.93 Å². The summed E-state index contributed by atoms with van der Waals surface area (Å²) in [5, 5.41) is 12.7. The largest absolute Gasteiger partial charge is 0.310 e. The van der Waals surface area contributed by atoms with Crippen LogP contribution < -0.4 is 10.6 Å². The molecular formula is C16H11ClN3OS+. The second kappa shape index (κ2) is 6.30. The zero-order chi connectivity index (χ0) is 15.5. The zero-order valence-corrected chi connectivity index (χ0v) is 13.0. The molecule has 6 heteroatoms. The number of hydrogen-bond donors (Lipinski definition) is 0. The van der Waals surface area contributed by atoms with Crippen molar-refractivity contribution >= 4 is 29.1 Å². The third-order valence-corrected chi connectivity index (χ3v) is 4.17. The second-order valence-corrected chi connectivity index (χ2v) is 5.95. The van der Waals surface area contributed by atoms with E-state index in [-0.39, 0.29) is 0 Å². The molecular weight excluding hydrogens is 318 g/mol. The maximum atomic E-state index is 12.7. The molecule has 22 heavy (non-hydrogen) atoms.